The van der Waals surface area contributed by atoms with Gasteiger partial charge in [0, 0.05) is 11.8 Å². The lowest BCUT2D eigenvalue weighted by Crippen LogP contribution is -2.18. The summed E-state index contributed by atoms with van der Waals surface area (Å²) in [6, 6.07) is 12.5. The number of hydrogen-bond donors (Lipinski definition) is 0. The number of benzene rings is 1. The Hall–Kier alpha value is -2.21. The topological polar surface area (TPSA) is 49.6 Å². The van der Waals surface area contributed by atoms with Gasteiger partial charge in [-0.05, 0) is 31.9 Å². The monoisotopic (exact) mass is 265 g/mol. The first-order chi connectivity index (χ1) is 9.56. The number of hydrogen-bond acceptors (Lipinski definition) is 3. The van der Waals surface area contributed by atoms with Crippen LogP contribution in [0.15, 0.2) is 36.5 Å². The molecule has 2 rings (SSSR count). The van der Waals surface area contributed by atoms with Crippen LogP contribution in [0, 0.1) is 11.3 Å². The zero-order valence-electron chi connectivity index (χ0n) is 12.2. The molecule has 0 amide bonds. The fourth-order valence-corrected chi connectivity index (χ4v) is 2.00. The smallest absolute Gasteiger partial charge is 0.148 e. The molecule has 0 bridgehead atoms. The number of nitriles is 1. The summed E-state index contributed by atoms with van der Waals surface area (Å²) >= 11 is 0. The highest BCUT2D eigenvalue weighted by atomic mass is 14.9. The van der Waals surface area contributed by atoms with E-state index in [2.05, 4.69) is 47.2 Å². The molecule has 102 valence electrons. The number of aryl methyl sites for hydroxylation is 1. The van der Waals surface area contributed by atoms with Crippen molar-refractivity contribution in [1.29, 1.82) is 5.26 Å². The van der Waals surface area contributed by atoms with Crippen molar-refractivity contribution in [2.75, 3.05) is 0 Å². The Morgan fingerprint density at radius 3 is 2.45 bits per heavy atom. The van der Waals surface area contributed by atoms with Crippen molar-refractivity contribution in [2.24, 2.45) is 0 Å². The van der Waals surface area contributed by atoms with Crippen LogP contribution in [0.3, 0.4) is 0 Å². The van der Waals surface area contributed by atoms with E-state index in [1.165, 1.54) is 5.56 Å². The molecule has 0 radical (unpaired) electrons. The molecule has 0 saturated carbocycles. The minimum Gasteiger partial charge on any atom is -0.240 e. The molecule has 0 atom stereocenters. The molecule has 3 nitrogen and oxygen atoms in total. The minimum absolute atomic E-state index is 0.565. The van der Waals surface area contributed by atoms with Crippen molar-refractivity contribution in [3.05, 3.63) is 47.9 Å². The Labute approximate surface area is 120 Å². The maximum Gasteiger partial charge on any atom is 0.148 e. The summed E-state index contributed by atoms with van der Waals surface area (Å²) in [6.45, 7) is 5.83. The van der Waals surface area contributed by atoms with Gasteiger partial charge in [0.2, 0.25) is 0 Å². The summed E-state index contributed by atoms with van der Waals surface area (Å²) in [5, 5.41) is 9.17. The third kappa shape index (κ3) is 3.03. The van der Waals surface area contributed by atoms with E-state index < -0.39 is 5.41 Å². The van der Waals surface area contributed by atoms with Gasteiger partial charge in [0.25, 0.3) is 0 Å². The van der Waals surface area contributed by atoms with Crippen molar-refractivity contribution in [2.45, 2.75) is 39.0 Å². The molecular formula is C17H19N3. The maximum absolute atomic E-state index is 9.17. The second-order valence-corrected chi connectivity index (χ2v) is 5.45. The summed E-state index contributed by atoms with van der Waals surface area (Å²) in [6.07, 6.45) is 3.96. The van der Waals surface area contributed by atoms with Crippen molar-refractivity contribution in [3.63, 3.8) is 0 Å². The van der Waals surface area contributed by atoms with Crippen molar-refractivity contribution < 1.29 is 0 Å². The zero-order valence-corrected chi connectivity index (χ0v) is 12.2. The van der Waals surface area contributed by atoms with Gasteiger partial charge in [-0.2, -0.15) is 5.26 Å². The summed E-state index contributed by atoms with van der Waals surface area (Å²) in [5.74, 6) is 0.565. The lowest BCUT2D eigenvalue weighted by atomic mass is 9.94. The van der Waals surface area contributed by atoms with Crippen LogP contribution in [0.25, 0.3) is 11.3 Å². The van der Waals surface area contributed by atoms with E-state index in [4.69, 9.17) is 0 Å². The first-order valence-electron chi connectivity index (χ1n) is 6.91. The summed E-state index contributed by atoms with van der Waals surface area (Å²) in [5.41, 5.74) is 2.59. The van der Waals surface area contributed by atoms with E-state index in [1.54, 1.807) is 6.20 Å². The third-order valence-electron chi connectivity index (χ3n) is 3.28. The Kier molecular flexibility index (Phi) is 4.14. The van der Waals surface area contributed by atoms with E-state index in [0.717, 1.165) is 24.1 Å². The molecule has 2 aromatic rings. The SMILES string of the molecule is CCCc1ccc(-c2ccnc(C(C)(C)C#N)n2)cc1. The van der Waals surface area contributed by atoms with E-state index in [1.807, 2.05) is 19.9 Å². The lowest BCUT2D eigenvalue weighted by molar-refractivity contribution is 0.630. The van der Waals surface area contributed by atoms with Crippen LogP contribution in [0.4, 0.5) is 0 Å². The first-order valence-corrected chi connectivity index (χ1v) is 6.91. The van der Waals surface area contributed by atoms with Gasteiger partial charge in [0.15, 0.2) is 0 Å². The van der Waals surface area contributed by atoms with Gasteiger partial charge in [-0.15, -0.1) is 0 Å². The minimum atomic E-state index is -0.668. The van der Waals surface area contributed by atoms with Crippen LogP contribution in [0.5, 0.6) is 0 Å². The van der Waals surface area contributed by atoms with Crippen LogP contribution in [-0.4, -0.2) is 9.97 Å². The molecule has 0 unspecified atom stereocenters. The number of nitrogens with zero attached hydrogens (tertiary/aromatic N) is 3. The van der Waals surface area contributed by atoms with Gasteiger partial charge >= 0.3 is 0 Å². The lowest BCUT2D eigenvalue weighted by Gasteiger charge is -2.14. The van der Waals surface area contributed by atoms with Crippen LogP contribution < -0.4 is 0 Å². The summed E-state index contributed by atoms with van der Waals surface area (Å²) in [7, 11) is 0. The summed E-state index contributed by atoms with van der Waals surface area (Å²) < 4.78 is 0. The second-order valence-electron chi connectivity index (χ2n) is 5.45. The van der Waals surface area contributed by atoms with Crippen LogP contribution in [0.1, 0.15) is 38.6 Å². The largest absolute Gasteiger partial charge is 0.240 e. The Morgan fingerprint density at radius 1 is 1.15 bits per heavy atom. The predicted octanol–water partition coefficient (Wildman–Crippen LogP) is 3.90. The number of rotatable bonds is 4. The molecule has 0 aliphatic carbocycles. The third-order valence-corrected chi connectivity index (χ3v) is 3.28. The molecule has 0 aliphatic heterocycles. The molecular weight excluding hydrogens is 246 g/mol. The van der Waals surface area contributed by atoms with Gasteiger partial charge in [-0.1, -0.05) is 37.6 Å². The number of aromatic nitrogens is 2. The zero-order chi connectivity index (χ0) is 14.6. The van der Waals surface area contributed by atoms with E-state index in [9.17, 15) is 5.26 Å². The average molecular weight is 265 g/mol. The van der Waals surface area contributed by atoms with Gasteiger partial charge in [0.05, 0.1) is 11.8 Å². The molecule has 0 N–H and O–H groups in total. The highest BCUT2D eigenvalue weighted by Gasteiger charge is 2.23. The fourth-order valence-electron chi connectivity index (χ4n) is 2.00. The quantitative estimate of drug-likeness (QED) is 0.842. The molecule has 0 saturated heterocycles. The maximum atomic E-state index is 9.17. The second kappa shape index (κ2) is 5.83. The van der Waals surface area contributed by atoms with Gasteiger partial charge < -0.3 is 0 Å². The highest BCUT2D eigenvalue weighted by molar-refractivity contribution is 5.59. The van der Waals surface area contributed by atoms with Crippen molar-refractivity contribution >= 4 is 0 Å². The molecule has 3 heteroatoms. The standard InChI is InChI=1S/C17H19N3/c1-4-5-13-6-8-14(9-7-13)15-10-11-19-16(20-15)17(2,3)12-18/h6-11H,4-5H2,1-3H3. The normalized spacial score (nSPS) is 11.1. The molecule has 0 spiro atoms. The molecule has 1 aromatic carbocycles. The van der Waals surface area contributed by atoms with E-state index in [0.29, 0.717) is 5.82 Å². The summed E-state index contributed by atoms with van der Waals surface area (Å²) in [4.78, 5) is 8.75. The van der Waals surface area contributed by atoms with E-state index >= 15 is 0 Å². The Morgan fingerprint density at radius 2 is 1.85 bits per heavy atom. The van der Waals surface area contributed by atoms with Crippen molar-refractivity contribution in [3.8, 4) is 17.3 Å². The van der Waals surface area contributed by atoms with Crippen molar-refractivity contribution in [1.82, 2.24) is 9.97 Å². The molecule has 1 aromatic heterocycles. The van der Waals surface area contributed by atoms with E-state index in [-0.39, 0.29) is 0 Å². The molecule has 20 heavy (non-hydrogen) atoms. The Balaban J connectivity index is 2.34. The molecule has 0 aliphatic rings. The Bertz CT molecular complexity index is 621. The fraction of sp³-hybridized carbons (Fsp3) is 0.353. The van der Waals surface area contributed by atoms with Crippen LogP contribution in [-0.2, 0) is 11.8 Å². The van der Waals surface area contributed by atoms with Gasteiger partial charge in [-0.25, -0.2) is 9.97 Å². The predicted molar refractivity (Wildman–Crippen MR) is 80.1 cm³/mol. The highest BCUT2D eigenvalue weighted by Crippen LogP contribution is 2.22. The molecule has 1 heterocycles. The molecule has 0 fully saturated rings. The van der Waals surface area contributed by atoms with Crippen LogP contribution >= 0.6 is 0 Å². The average Bonchev–Trinajstić information content (AvgIpc) is 2.48. The van der Waals surface area contributed by atoms with Gasteiger partial charge in [-0.3, -0.25) is 0 Å². The van der Waals surface area contributed by atoms with Crippen LogP contribution in [0.2, 0.25) is 0 Å². The van der Waals surface area contributed by atoms with Gasteiger partial charge in [0.1, 0.15) is 11.2 Å². The first kappa shape index (κ1) is 14.2.